The molecule has 0 bridgehead atoms. The van der Waals surface area contributed by atoms with Crippen LogP contribution in [-0.2, 0) is 7.05 Å². The van der Waals surface area contributed by atoms with Crippen LogP contribution in [0, 0.1) is 11.7 Å². The first kappa shape index (κ1) is 11.8. The number of hydrogen-bond acceptors (Lipinski definition) is 5. The first-order valence-corrected chi connectivity index (χ1v) is 6.01. The molecular formula is C12H10N4O2S. The molecule has 7 heteroatoms. The van der Waals surface area contributed by atoms with E-state index in [1.54, 1.807) is 32.2 Å². The number of aromatic nitrogens is 4. The molecule has 0 saturated heterocycles. The van der Waals surface area contributed by atoms with Crippen molar-refractivity contribution in [1.82, 2.24) is 19.7 Å². The Kier molecular flexibility index (Phi) is 2.56. The van der Waals surface area contributed by atoms with Crippen LogP contribution in [-0.4, -0.2) is 19.7 Å². The molecule has 0 aliphatic carbocycles. The molecule has 1 aromatic carbocycles. The van der Waals surface area contributed by atoms with Gasteiger partial charge in [-0.3, -0.25) is 9.36 Å². The summed E-state index contributed by atoms with van der Waals surface area (Å²) in [5.41, 5.74) is 1.26. The van der Waals surface area contributed by atoms with E-state index < -0.39 is 0 Å². The molecule has 0 amide bonds. The van der Waals surface area contributed by atoms with Gasteiger partial charge in [0.25, 0.3) is 11.4 Å². The number of nitrogens with zero attached hydrogens (tertiary/aromatic N) is 3. The van der Waals surface area contributed by atoms with Gasteiger partial charge < -0.3 is 9.51 Å². The first-order valence-electron chi connectivity index (χ1n) is 5.60. The van der Waals surface area contributed by atoms with Gasteiger partial charge in [0.15, 0.2) is 10.6 Å². The summed E-state index contributed by atoms with van der Waals surface area (Å²) in [6.45, 7) is 1.75. The van der Waals surface area contributed by atoms with E-state index in [1.807, 2.05) is 0 Å². The Hall–Kier alpha value is -2.28. The molecule has 6 nitrogen and oxygen atoms in total. The van der Waals surface area contributed by atoms with Crippen molar-refractivity contribution in [2.45, 2.75) is 6.92 Å². The maximum Gasteiger partial charge on any atom is 0.261 e. The molecule has 1 N–H and O–H groups in total. The van der Waals surface area contributed by atoms with Crippen molar-refractivity contribution in [2.75, 3.05) is 0 Å². The Morgan fingerprint density at radius 3 is 2.89 bits per heavy atom. The summed E-state index contributed by atoms with van der Waals surface area (Å²) in [6.07, 6.45) is 0. The van der Waals surface area contributed by atoms with Gasteiger partial charge >= 0.3 is 0 Å². The van der Waals surface area contributed by atoms with Crippen molar-refractivity contribution >= 4 is 23.1 Å². The fourth-order valence-corrected chi connectivity index (χ4v) is 2.05. The third kappa shape index (κ3) is 1.88. The largest absolute Gasteiger partial charge is 0.334 e. The van der Waals surface area contributed by atoms with E-state index in [1.165, 1.54) is 4.57 Å². The van der Waals surface area contributed by atoms with Gasteiger partial charge in [0.2, 0.25) is 0 Å². The molecule has 0 unspecified atom stereocenters. The minimum absolute atomic E-state index is 0.132. The molecule has 2 aromatic heterocycles. The second-order valence-electron chi connectivity index (χ2n) is 4.20. The number of rotatable bonds is 1. The lowest BCUT2D eigenvalue weighted by Crippen LogP contribution is -2.18. The van der Waals surface area contributed by atoms with Gasteiger partial charge in [-0.25, -0.2) is 0 Å². The molecule has 96 valence electrons. The van der Waals surface area contributed by atoms with Crippen LogP contribution >= 0.6 is 12.2 Å². The van der Waals surface area contributed by atoms with E-state index in [4.69, 9.17) is 16.7 Å². The minimum Gasteiger partial charge on any atom is -0.334 e. The fourth-order valence-electron chi connectivity index (χ4n) is 1.85. The predicted octanol–water partition coefficient (Wildman–Crippen LogP) is 1.95. The highest BCUT2D eigenvalue weighted by molar-refractivity contribution is 7.71. The average molecular weight is 274 g/mol. The van der Waals surface area contributed by atoms with Gasteiger partial charge in [-0.05, 0) is 37.3 Å². The zero-order valence-corrected chi connectivity index (χ0v) is 11.1. The number of aryl methyl sites for hydroxylation is 1. The topological polar surface area (TPSA) is 76.7 Å². The van der Waals surface area contributed by atoms with Gasteiger partial charge in [-0.2, -0.15) is 4.98 Å². The van der Waals surface area contributed by atoms with E-state index in [9.17, 15) is 4.79 Å². The summed E-state index contributed by atoms with van der Waals surface area (Å²) in [7, 11) is 1.63. The fraction of sp³-hybridized carbons (Fsp3) is 0.167. The lowest BCUT2D eigenvalue weighted by molar-refractivity contribution is 0.425. The Bertz CT molecular complexity index is 891. The summed E-state index contributed by atoms with van der Waals surface area (Å²) < 4.78 is 6.87. The van der Waals surface area contributed by atoms with Crippen LogP contribution in [0.3, 0.4) is 0 Å². The number of H-pyrrole nitrogens is 1. The summed E-state index contributed by atoms with van der Waals surface area (Å²) in [5.74, 6) is 0.978. The predicted molar refractivity (Wildman–Crippen MR) is 72.4 cm³/mol. The Morgan fingerprint density at radius 1 is 1.42 bits per heavy atom. The molecule has 3 aromatic rings. The van der Waals surface area contributed by atoms with Crippen LogP contribution in [0.2, 0.25) is 0 Å². The standard InChI is InChI=1S/C12H10N4O2S/c1-6-13-10(18-15-6)7-3-4-8-9(5-7)14-12(19)16(2)11(8)17/h3-5H,1-2H3,(H,14,19). The maximum absolute atomic E-state index is 12.0. The average Bonchev–Trinajstić information content (AvgIpc) is 2.82. The Morgan fingerprint density at radius 2 is 2.21 bits per heavy atom. The van der Waals surface area contributed by atoms with Crippen LogP contribution in [0.1, 0.15) is 5.82 Å². The van der Waals surface area contributed by atoms with Crippen LogP contribution in [0.25, 0.3) is 22.4 Å². The lowest BCUT2D eigenvalue weighted by atomic mass is 10.1. The highest BCUT2D eigenvalue weighted by atomic mass is 32.1. The lowest BCUT2D eigenvalue weighted by Gasteiger charge is -2.03. The highest BCUT2D eigenvalue weighted by Crippen LogP contribution is 2.20. The second kappa shape index (κ2) is 4.13. The van der Waals surface area contributed by atoms with Gasteiger partial charge in [0, 0.05) is 12.6 Å². The van der Waals surface area contributed by atoms with Crippen molar-refractivity contribution in [2.24, 2.45) is 7.05 Å². The number of fused-ring (bicyclic) bond motifs is 1. The highest BCUT2D eigenvalue weighted by Gasteiger charge is 2.09. The third-order valence-corrected chi connectivity index (χ3v) is 3.25. The second-order valence-corrected chi connectivity index (χ2v) is 4.59. The number of nitrogens with one attached hydrogen (secondary N) is 1. The summed E-state index contributed by atoms with van der Waals surface area (Å²) >= 11 is 5.09. The van der Waals surface area contributed by atoms with Crippen LogP contribution in [0.4, 0.5) is 0 Å². The Labute approximate surface area is 112 Å². The smallest absolute Gasteiger partial charge is 0.261 e. The normalized spacial score (nSPS) is 11.1. The molecule has 0 aliphatic rings. The van der Waals surface area contributed by atoms with Crippen molar-refractivity contribution in [3.05, 3.63) is 39.1 Å². The van der Waals surface area contributed by atoms with E-state index >= 15 is 0 Å². The third-order valence-electron chi connectivity index (χ3n) is 2.88. The van der Waals surface area contributed by atoms with Gasteiger partial charge in [-0.15, -0.1) is 0 Å². The molecule has 0 radical (unpaired) electrons. The van der Waals surface area contributed by atoms with Crippen molar-refractivity contribution < 1.29 is 4.52 Å². The van der Waals surface area contributed by atoms with E-state index in [2.05, 4.69) is 15.1 Å². The molecule has 2 heterocycles. The van der Waals surface area contributed by atoms with Crippen molar-refractivity contribution in [3.63, 3.8) is 0 Å². The van der Waals surface area contributed by atoms with Gasteiger partial charge in [0.05, 0.1) is 10.9 Å². The van der Waals surface area contributed by atoms with Crippen molar-refractivity contribution in [1.29, 1.82) is 0 Å². The zero-order valence-electron chi connectivity index (χ0n) is 10.3. The van der Waals surface area contributed by atoms with Gasteiger partial charge in [0.1, 0.15) is 0 Å². The van der Waals surface area contributed by atoms with E-state index in [0.29, 0.717) is 27.4 Å². The molecule has 19 heavy (non-hydrogen) atoms. The maximum atomic E-state index is 12.0. The van der Waals surface area contributed by atoms with Crippen molar-refractivity contribution in [3.8, 4) is 11.5 Å². The van der Waals surface area contributed by atoms with Gasteiger partial charge in [-0.1, -0.05) is 5.16 Å². The molecule has 0 spiro atoms. The molecule has 0 atom stereocenters. The number of hydrogen-bond donors (Lipinski definition) is 1. The molecular weight excluding hydrogens is 264 g/mol. The number of aromatic amines is 1. The summed E-state index contributed by atoms with van der Waals surface area (Å²) in [5, 5.41) is 4.31. The monoisotopic (exact) mass is 274 g/mol. The summed E-state index contributed by atoms with van der Waals surface area (Å²) in [6, 6.07) is 5.27. The summed E-state index contributed by atoms with van der Waals surface area (Å²) in [4.78, 5) is 19.2. The quantitative estimate of drug-likeness (QED) is 0.686. The Balaban J connectivity index is 2.30. The van der Waals surface area contributed by atoms with E-state index in [0.717, 1.165) is 5.56 Å². The number of benzene rings is 1. The zero-order chi connectivity index (χ0) is 13.6. The van der Waals surface area contributed by atoms with Crippen LogP contribution in [0.15, 0.2) is 27.5 Å². The van der Waals surface area contributed by atoms with Crippen LogP contribution in [0.5, 0.6) is 0 Å². The SMILES string of the molecule is Cc1noc(-c2ccc3c(=O)n(C)c(=S)[nH]c3c2)n1. The molecule has 0 saturated carbocycles. The molecule has 0 aliphatic heterocycles. The van der Waals surface area contributed by atoms with E-state index in [-0.39, 0.29) is 5.56 Å². The van der Waals surface area contributed by atoms with Crippen LogP contribution < -0.4 is 5.56 Å². The molecule has 0 fully saturated rings. The minimum atomic E-state index is -0.132. The molecule has 3 rings (SSSR count). The first-order chi connectivity index (χ1) is 9.06.